The van der Waals surface area contributed by atoms with Gasteiger partial charge in [0.15, 0.2) is 15.5 Å². The van der Waals surface area contributed by atoms with Crippen molar-refractivity contribution in [3.63, 3.8) is 0 Å². The molecule has 1 aromatic carbocycles. The highest BCUT2D eigenvalue weighted by atomic mass is 32.2. The second-order valence-corrected chi connectivity index (χ2v) is 8.05. The molecule has 0 bridgehead atoms. The summed E-state index contributed by atoms with van der Waals surface area (Å²) in [6.07, 6.45) is -3.55. The van der Waals surface area contributed by atoms with E-state index in [4.69, 9.17) is 0 Å². The van der Waals surface area contributed by atoms with Crippen LogP contribution in [0.15, 0.2) is 35.2 Å². The Morgan fingerprint density at radius 2 is 1.72 bits per heavy atom. The minimum Gasteiger partial charge on any atom is -0.354 e. The molecule has 25 heavy (non-hydrogen) atoms. The number of nitrogens with zero attached hydrogens (tertiary/aromatic N) is 2. The molecule has 0 fully saturated rings. The van der Waals surface area contributed by atoms with Crippen molar-refractivity contribution in [2.75, 3.05) is 18.1 Å². The van der Waals surface area contributed by atoms with E-state index in [-0.39, 0.29) is 22.5 Å². The summed E-state index contributed by atoms with van der Waals surface area (Å²) in [4.78, 5) is 7.71. The average Bonchev–Trinajstić information content (AvgIpc) is 2.51. The van der Waals surface area contributed by atoms with Crippen molar-refractivity contribution in [2.45, 2.75) is 24.9 Å². The van der Waals surface area contributed by atoms with Gasteiger partial charge in [-0.1, -0.05) is 26.0 Å². The SMILES string of the molecule is CC(C)CNc1nc(-c2ccc(S(C)(=O)=O)cc2)cc(C(F)(F)F)n1. The third-order valence-electron chi connectivity index (χ3n) is 3.26. The van der Waals surface area contributed by atoms with E-state index in [1.807, 2.05) is 13.8 Å². The topological polar surface area (TPSA) is 72.0 Å². The smallest absolute Gasteiger partial charge is 0.354 e. The van der Waals surface area contributed by atoms with Gasteiger partial charge >= 0.3 is 6.18 Å². The van der Waals surface area contributed by atoms with Crippen molar-refractivity contribution < 1.29 is 21.6 Å². The number of rotatable bonds is 5. The van der Waals surface area contributed by atoms with Crippen molar-refractivity contribution in [1.82, 2.24) is 9.97 Å². The zero-order valence-electron chi connectivity index (χ0n) is 13.9. The third-order valence-corrected chi connectivity index (χ3v) is 4.39. The zero-order chi connectivity index (χ0) is 18.8. The van der Waals surface area contributed by atoms with Gasteiger partial charge in [0.2, 0.25) is 5.95 Å². The minimum atomic E-state index is -4.61. The second kappa shape index (κ2) is 6.99. The summed E-state index contributed by atoms with van der Waals surface area (Å²) >= 11 is 0. The fraction of sp³-hybridized carbons (Fsp3) is 0.375. The Bertz CT molecular complexity index is 848. The molecule has 5 nitrogen and oxygen atoms in total. The highest BCUT2D eigenvalue weighted by Gasteiger charge is 2.33. The summed E-state index contributed by atoms with van der Waals surface area (Å²) in [5, 5.41) is 2.78. The minimum absolute atomic E-state index is 0.0635. The quantitative estimate of drug-likeness (QED) is 0.866. The maximum Gasteiger partial charge on any atom is 0.433 e. The Labute approximate surface area is 144 Å². The standard InChI is InChI=1S/C16H18F3N3O2S/c1-10(2)9-20-15-21-13(8-14(22-15)16(17,18)19)11-4-6-12(7-5-11)25(3,23)24/h4-8,10H,9H2,1-3H3,(H,20,21,22). The van der Waals surface area contributed by atoms with Gasteiger partial charge in [0, 0.05) is 18.4 Å². The zero-order valence-corrected chi connectivity index (χ0v) is 14.7. The van der Waals surface area contributed by atoms with E-state index in [1.54, 1.807) is 0 Å². The Balaban J connectivity index is 2.46. The van der Waals surface area contributed by atoms with E-state index < -0.39 is 21.7 Å². The molecular formula is C16H18F3N3O2S. The average molecular weight is 373 g/mol. The molecule has 136 valence electrons. The summed E-state index contributed by atoms with van der Waals surface area (Å²) in [6, 6.07) is 6.36. The van der Waals surface area contributed by atoms with Crippen LogP contribution < -0.4 is 5.32 Å². The molecule has 0 unspecified atom stereocenters. The van der Waals surface area contributed by atoms with Crippen LogP contribution in [0.2, 0.25) is 0 Å². The normalized spacial score (nSPS) is 12.4. The molecule has 0 amide bonds. The van der Waals surface area contributed by atoms with Crippen LogP contribution in [0.1, 0.15) is 19.5 Å². The Hall–Kier alpha value is -2.16. The van der Waals surface area contributed by atoms with Crippen molar-refractivity contribution in [2.24, 2.45) is 5.92 Å². The predicted octanol–water partition coefficient (Wildman–Crippen LogP) is 3.63. The summed E-state index contributed by atoms with van der Waals surface area (Å²) in [6.45, 7) is 4.24. The van der Waals surface area contributed by atoms with E-state index >= 15 is 0 Å². The summed E-state index contributed by atoms with van der Waals surface area (Å²) in [5.41, 5.74) is -0.627. The van der Waals surface area contributed by atoms with Gasteiger partial charge in [0.05, 0.1) is 10.6 Å². The first-order valence-electron chi connectivity index (χ1n) is 7.47. The van der Waals surface area contributed by atoms with Gasteiger partial charge < -0.3 is 5.32 Å². The predicted molar refractivity (Wildman–Crippen MR) is 88.9 cm³/mol. The molecule has 1 aromatic heterocycles. The first-order valence-corrected chi connectivity index (χ1v) is 9.36. The summed E-state index contributed by atoms with van der Waals surface area (Å²) in [7, 11) is -3.38. The molecule has 2 aromatic rings. The fourth-order valence-electron chi connectivity index (χ4n) is 1.99. The van der Waals surface area contributed by atoms with Crippen LogP contribution in [-0.4, -0.2) is 31.2 Å². The van der Waals surface area contributed by atoms with Crippen LogP contribution in [0.5, 0.6) is 0 Å². The molecule has 2 rings (SSSR count). The monoisotopic (exact) mass is 373 g/mol. The number of hydrogen-bond donors (Lipinski definition) is 1. The van der Waals surface area contributed by atoms with E-state index in [2.05, 4.69) is 15.3 Å². The Morgan fingerprint density at radius 3 is 2.20 bits per heavy atom. The van der Waals surface area contributed by atoms with Crippen LogP contribution >= 0.6 is 0 Å². The molecule has 0 aliphatic carbocycles. The molecule has 0 saturated heterocycles. The van der Waals surface area contributed by atoms with Crippen molar-refractivity contribution >= 4 is 15.8 Å². The number of benzene rings is 1. The molecule has 0 spiro atoms. The van der Waals surface area contributed by atoms with Crippen LogP contribution in [0, 0.1) is 5.92 Å². The molecule has 0 aliphatic rings. The van der Waals surface area contributed by atoms with Crippen LogP contribution in [0.3, 0.4) is 0 Å². The van der Waals surface area contributed by atoms with Crippen LogP contribution in [0.4, 0.5) is 19.1 Å². The van der Waals surface area contributed by atoms with Gasteiger partial charge in [-0.05, 0) is 24.1 Å². The first kappa shape index (κ1) is 19.2. The lowest BCUT2D eigenvalue weighted by Gasteiger charge is -2.13. The van der Waals surface area contributed by atoms with E-state index in [0.29, 0.717) is 12.1 Å². The van der Waals surface area contributed by atoms with Crippen molar-refractivity contribution in [3.8, 4) is 11.3 Å². The second-order valence-electron chi connectivity index (χ2n) is 6.03. The van der Waals surface area contributed by atoms with Gasteiger partial charge in [-0.3, -0.25) is 0 Å². The molecule has 0 radical (unpaired) electrons. The maximum atomic E-state index is 13.1. The summed E-state index contributed by atoms with van der Waals surface area (Å²) < 4.78 is 62.2. The highest BCUT2D eigenvalue weighted by Crippen LogP contribution is 2.31. The number of sulfone groups is 1. The molecule has 0 aliphatic heterocycles. The molecule has 1 N–H and O–H groups in total. The Morgan fingerprint density at radius 1 is 1.12 bits per heavy atom. The first-order chi connectivity index (χ1) is 11.5. The van der Waals surface area contributed by atoms with Crippen molar-refractivity contribution in [1.29, 1.82) is 0 Å². The van der Waals surface area contributed by atoms with Gasteiger partial charge in [-0.2, -0.15) is 13.2 Å². The number of anilines is 1. The van der Waals surface area contributed by atoms with Gasteiger partial charge in [-0.15, -0.1) is 0 Å². The third kappa shape index (κ3) is 5.15. The Kier molecular flexibility index (Phi) is 5.36. The summed E-state index contributed by atoms with van der Waals surface area (Å²) in [5.74, 6) is 0.0846. The lowest BCUT2D eigenvalue weighted by atomic mass is 10.1. The van der Waals surface area contributed by atoms with E-state index in [9.17, 15) is 21.6 Å². The van der Waals surface area contributed by atoms with E-state index in [0.717, 1.165) is 12.3 Å². The number of aromatic nitrogens is 2. The molecule has 0 atom stereocenters. The lowest BCUT2D eigenvalue weighted by molar-refractivity contribution is -0.141. The fourth-order valence-corrected chi connectivity index (χ4v) is 2.62. The highest BCUT2D eigenvalue weighted by molar-refractivity contribution is 7.90. The van der Waals surface area contributed by atoms with Gasteiger partial charge in [-0.25, -0.2) is 18.4 Å². The molecule has 0 saturated carbocycles. The number of nitrogens with one attached hydrogen (secondary N) is 1. The lowest BCUT2D eigenvalue weighted by Crippen LogP contribution is -2.15. The number of halogens is 3. The van der Waals surface area contributed by atoms with Crippen LogP contribution in [0.25, 0.3) is 11.3 Å². The van der Waals surface area contributed by atoms with Gasteiger partial charge in [0.25, 0.3) is 0 Å². The van der Waals surface area contributed by atoms with Gasteiger partial charge in [0.1, 0.15) is 0 Å². The van der Waals surface area contributed by atoms with E-state index in [1.165, 1.54) is 24.3 Å². The molecule has 1 heterocycles. The maximum absolute atomic E-state index is 13.1. The molecular weight excluding hydrogens is 355 g/mol. The van der Waals surface area contributed by atoms with Crippen molar-refractivity contribution in [3.05, 3.63) is 36.0 Å². The number of hydrogen-bond acceptors (Lipinski definition) is 5. The molecule has 9 heteroatoms. The number of alkyl halides is 3. The largest absolute Gasteiger partial charge is 0.433 e. The van der Waals surface area contributed by atoms with Crippen LogP contribution in [-0.2, 0) is 16.0 Å².